The fraction of sp³-hybridized carbons (Fsp3) is 0.107. The van der Waals surface area contributed by atoms with Crippen molar-refractivity contribution in [2.75, 3.05) is 4.90 Å². The van der Waals surface area contributed by atoms with E-state index in [1.807, 2.05) is 44.2 Å². The molecule has 1 N–H and O–H groups in total. The molecule has 0 atom stereocenters. The van der Waals surface area contributed by atoms with Crippen LogP contribution in [-0.2, 0) is 16.1 Å². The van der Waals surface area contributed by atoms with Crippen molar-refractivity contribution < 1.29 is 14.4 Å². The zero-order valence-corrected chi connectivity index (χ0v) is 22.1. The van der Waals surface area contributed by atoms with Crippen molar-refractivity contribution in [1.29, 1.82) is 0 Å². The van der Waals surface area contributed by atoms with E-state index in [0.29, 0.717) is 27.2 Å². The largest absolute Gasteiger partial charge is 0.340 e. The lowest BCUT2D eigenvalue weighted by Gasteiger charge is -2.26. The van der Waals surface area contributed by atoms with Gasteiger partial charge in [-0.25, -0.2) is 9.69 Å². The highest BCUT2D eigenvalue weighted by molar-refractivity contribution is 6.40. The zero-order chi connectivity index (χ0) is 26.4. The first-order chi connectivity index (χ1) is 17.7. The molecule has 0 unspecified atom stereocenters. The molecule has 5 rings (SSSR count). The molecular weight excluding hydrogens is 533 g/mol. The predicted molar refractivity (Wildman–Crippen MR) is 147 cm³/mol. The predicted octanol–water partition coefficient (Wildman–Crippen LogP) is 6.93. The summed E-state index contributed by atoms with van der Waals surface area (Å²) in [6.07, 6.45) is 1.53. The number of hydrogen-bond acceptors (Lipinski definition) is 3. The van der Waals surface area contributed by atoms with Gasteiger partial charge in [-0.2, -0.15) is 0 Å². The van der Waals surface area contributed by atoms with Crippen LogP contribution in [0.4, 0.5) is 10.5 Å². The first kappa shape index (κ1) is 25.1. The molecule has 4 aromatic rings. The number of aryl methyl sites for hydroxylation is 1. The molecule has 1 aliphatic heterocycles. The number of nitrogens with one attached hydrogen (secondary N) is 1. The van der Waals surface area contributed by atoms with Gasteiger partial charge in [-0.3, -0.25) is 14.9 Å². The number of halogens is 3. The second-order valence-electron chi connectivity index (χ2n) is 8.73. The molecule has 9 heteroatoms. The normalized spacial score (nSPS) is 15.1. The van der Waals surface area contributed by atoms with Crippen LogP contribution in [0.5, 0.6) is 0 Å². The number of para-hydroxylation sites is 1. The third-order valence-electron chi connectivity index (χ3n) is 6.43. The van der Waals surface area contributed by atoms with Crippen molar-refractivity contribution in [3.8, 4) is 0 Å². The number of aromatic nitrogens is 1. The van der Waals surface area contributed by atoms with Gasteiger partial charge in [-0.05, 0) is 61.4 Å². The van der Waals surface area contributed by atoms with Gasteiger partial charge in [0.2, 0.25) is 0 Å². The van der Waals surface area contributed by atoms with E-state index in [-0.39, 0.29) is 11.3 Å². The smallest absolute Gasteiger partial charge is 0.335 e. The lowest BCUT2D eigenvalue weighted by atomic mass is 10.0. The fourth-order valence-corrected chi connectivity index (χ4v) is 5.06. The molecule has 0 radical (unpaired) electrons. The second-order valence-corrected chi connectivity index (χ2v) is 9.98. The Bertz CT molecular complexity index is 1660. The molecule has 6 nitrogen and oxygen atoms in total. The summed E-state index contributed by atoms with van der Waals surface area (Å²) in [6.45, 7) is 4.18. The number of benzene rings is 3. The summed E-state index contributed by atoms with van der Waals surface area (Å²) < 4.78 is 2.06. The standard InChI is InChI=1S/C28H20Cl3N3O3/c1-15-7-10-19(12-23(15)30)34-27(36)22(26(35)32-28(34)37)13-21-16(2)33(25-6-4-3-5-20(21)25)14-17-8-9-18(29)11-24(17)31/h3-13H,14H2,1-2H3,(H,32,35,37)/b22-13-. The molecule has 1 fully saturated rings. The van der Waals surface area contributed by atoms with E-state index in [1.165, 1.54) is 12.1 Å². The number of nitrogens with zero attached hydrogens (tertiary/aromatic N) is 2. The number of amides is 4. The number of anilines is 1. The minimum atomic E-state index is -0.830. The maximum Gasteiger partial charge on any atom is 0.335 e. The monoisotopic (exact) mass is 551 g/mol. The van der Waals surface area contributed by atoms with Crippen LogP contribution >= 0.6 is 34.8 Å². The van der Waals surface area contributed by atoms with Crippen molar-refractivity contribution in [3.05, 3.63) is 104 Å². The van der Waals surface area contributed by atoms with Crippen molar-refractivity contribution in [2.45, 2.75) is 20.4 Å². The van der Waals surface area contributed by atoms with Crippen molar-refractivity contribution in [1.82, 2.24) is 9.88 Å². The molecule has 3 aromatic carbocycles. The Kier molecular flexibility index (Phi) is 6.58. The van der Waals surface area contributed by atoms with Crippen LogP contribution < -0.4 is 10.2 Å². The van der Waals surface area contributed by atoms with Crippen LogP contribution in [0.2, 0.25) is 15.1 Å². The number of hydrogen-bond donors (Lipinski definition) is 1. The highest BCUT2D eigenvalue weighted by Gasteiger charge is 2.37. The zero-order valence-electron chi connectivity index (χ0n) is 19.8. The average molecular weight is 553 g/mol. The van der Waals surface area contributed by atoms with E-state index in [9.17, 15) is 14.4 Å². The molecular formula is C28H20Cl3N3O3. The van der Waals surface area contributed by atoms with Gasteiger partial charge in [0.05, 0.1) is 5.69 Å². The van der Waals surface area contributed by atoms with Crippen LogP contribution in [0.3, 0.4) is 0 Å². The van der Waals surface area contributed by atoms with Gasteiger partial charge in [0.15, 0.2) is 0 Å². The summed E-state index contributed by atoms with van der Waals surface area (Å²) in [5, 5.41) is 4.60. The molecule has 0 saturated carbocycles. The topological polar surface area (TPSA) is 71.4 Å². The Morgan fingerprint density at radius 1 is 0.892 bits per heavy atom. The Balaban J connectivity index is 1.62. The highest BCUT2D eigenvalue weighted by Crippen LogP contribution is 2.32. The molecule has 4 amide bonds. The summed E-state index contributed by atoms with van der Waals surface area (Å²) in [7, 11) is 0. The third kappa shape index (κ3) is 4.53. The molecule has 37 heavy (non-hydrogen) atoms. The number of urea groups is 1. The number of rotatable bonds is 4. The van der Waals surface area contributed by atoms with Gasteiger partial charge in [-0.1, -0.05) is 65.1 Å². The van der Waals surface area contributed by atoms with E-state index in [2.05, 4.69) is 9.88 Å². The van der Waals surface area contributed by atoms with Gasteiger partial charge in [-0.15, -0.1) is 0 Å². The lowest BCUT2D eigenvalue weighted by molar-refractivity contribution is -0.122. The highest BCUT2D eigenvalue weighted by atomic mass is 35.5. The molecule has 1 saturated heterocycles. The van der Waals surface area contributed by atoms with Gasteiger partial charge in [0.25, 0.3) is 11.8 Å². The maximum atomic E-state index is 13.5. The number of barbiturate groups is 1. The molecule has 0 bridgehead atoms. The van der Waals surface area contributed by atoms with E-state index < -0.39 is 17.8 Å². The summed E-state index contributed by atoms with van der Waals surface area (Å²) in [6, 6.07) is 17.0. The van der Waals surface area contributed by atoms with Gasteiger partial charge in [0.1, 0.15) is 5.57 Å². The SMILES string of the molecule is Cc1ccc(N2C(=O)NC(=O)/C(=C/c3c(C)n(Cc4ccc(Cl)cc4Cl)c4ccccc34)C2=O)cc1Cl. The number of imide groups is 2. The molecule has 186 valence electrons. The summed E-state index contributed by atoms with van der Waals surface area (Å²) >= 11 is 18.7. The third-order valence-corrected chi connectivity index (χ3v) is 7.42. The maximum absolute atomic E-state index is 13.5. The van der Waals surface area contributed by atoms with E-state index in [4.69, 9.17) is 34.8 Å². The Hall–Kier alpha value is -3.58. The summed E-state index contributed by atoms with van der Waals surface area (Å²) in [5.74, 6) is -1.49. The molecule has 0 aliphatic carbocycles. The first-order valence-electron chi connectivity index (χ1n) is 11.3. The minimum Gasteiger partial charge on any atom is -0.340 e. The minimum absolute atomic E-state index is 0.160. The lowest BCUT2D eigenvalue weighted by Crippen LogP contribution is -2.54. The number of carbonyl (C=O) groups excluding carboxylic acids is 3. The van der Waals surface area contributed by atoms with Crippen LogP contribution in [0.25, 0.3) is 17.0 Å². The van der Waals surface area contributed by atoms with E-state index in [1.54, 1.807) is 24.3 Å². The van der Waals surface area contributed by atoms with Gasteiger partial charge < -0.3 is 4.57 Å². The van der Waals surface area contributed by atoms with Crippen molar-refractivity contribution in [3.63, 3.8) is 0 Å². The fourth-order valence-electron chi connectivity index (χ4n) is 4.42. The van der Waals surface area contributed by atoms with Crippen molar-refractivity contribution in [2.24, 2.45) is 0 Å². The average Bonchev–Trinajstić information content (AvgIpc) is 3.11. The summed E-state index contributed by atoms with van der Waals surface area (Å²) in [5.41, 5.74) is 4.19. The number of carbonyl (C=O) groups is 3. The van der Waals surface area contributed by atoms with Crippen LogP contribution in [-0.4, -0.2) is 22.4 Å². The van der Waals surface area contributed by atoms with Crippen LogP contribution in [0.15, 0.2) is 66.2 Å². The Labute approximate surface area is 228 Å². The van der Waals surface area contributed by atoms with E-state index >= 15 is 0 Å². The van der Waals surface area contributed by atoms with Crippen LogP contribution in [0, 0.1) is 13.8 Å². The van der Waals surface area contributed by atoms with Crippen LogP contribution in [0.1, 0.15) is 22.4 Å². The first-order valence-corrected chi connectivity index (χ1v) is 12.5. The molecule has 1 aromatic heterocycles. The van der Waals surface area contributed by atoms with Gasteiger partial charge >= 0.3 is 6.03 Å². The Morgan fingerprint density at radius 3 is 2.38 bits per heavy atom. The molecule has 2 heterocycles. The van der Waals surface area contributed by atoms with Gasteiger partial charge in [0, 0.05) is 43.8 Å². The Morgan fingerprint density at radius 2 is 1.65 bits per heavy atom. The second kappa shape index (κ2) is 9.71. The van der Waals surface area contributed by atoms with Crippen molar-refractivity contribution >= 4 is 75.3 Å². The van der Waals surface area contributed by atoms with E-state index in [0.717, 1.165) is 32.6 Å². The number of fused-ring (bicyclic) bond motifs is 1. The summed E-state index contributed by atoms with van der Waals surface area (Å²) in [4.78, 5) is 39.8. The molecule has 0 spiro atoms. The molecule has 1 aliphatic rings. The quantitative estimate of drug-likeness (QED) is 0.220.